The maximum atomic E-state index is 5.39. The highest BCUT2D eigenvalue weighted by atomic mass is 16.5. The molecule has 1 aliphatic rings. The monoisotopic (exact) mass is 195 g/mol. The van der Waals surface area contributed by atoms with Crippen LogP contribution in [-0.2, 0) is 6.54 Å². The molecule has 0 aromatic carbocycles. The maximum absolute atomic E-state index is 5.39. The van der Waals surface area contributed by atoms with Crippen LogP contribution in [0.15, 0.2) is 10.6 Å². The van der Waals surface area contributed by atoms with Crippen LogP contribution in [-0.4, -0.2) is 18.2 Å². The zero-order valence-electron chi connectivity index (χ0n) is 8.33. The minimum atomic E-state index is 0.653. The van der Waals surface area contributed by atoms with Crippen molar-refractivity contribution in [1.29, 1.82) is 0 Å². The summed E-state index contributed by atoms with van der Waals surface area (Å²) < 4.78 is 5.23. The predicted octanol–water partition coefficient (Wildman–Crippen LogP) is 0.990. The van der Waals surface area contributed by atoms with Gasteiger partial charge in [0.25, 0.3) is 0 Å². The van der Waals surface area contributed by atoms with E-state index in [9.17, 15) is 0 Å². The largest absolute Gasteiger partial charge is 0.361 e. The molecule has 1 aromatic heterocycles. The van der Waals surface area contributed by atoms with Crippen LogP contribution >= 0.6 is 0 Å². The van der Waals surface area contributed by atoms with Gasteiger partial charge in [0.15, 0.2) is 0 Å². The van der Waals surface area contributed by atoms with E-state index in [2.05, 4.69) is 16.5 Å². The smallest absolute Gasteiger partial charge is 0.140 e. The molecule has 1 aliphatic carbocycles. The highest BCUT2D eigenvalue weighted by Crippen LogP contribution is 2.40. The molecule has 78 valence electrons. The van der Waals surface area contributed by atoms with E-state index >= 15 is 0 Å². The summed E-state index contributed by atoms with van der Waals surface area (Å²) in [7, 11) is 0. The molecule has 1 fully saturated rings. The van der Waals surface area contributed by atoms with Crippen LogP contribution in [0.25, 0.3) is 0 Å². The highest BCUT2D eigenvalue weighted by molar-refractivity contribution is 5.14. The van der Waals surface area contributed by atoms with Gasteiger partial charge in [-0.1, -0.05) is 5.16 Å². The Hall–Kier alpha value is -0.870. The van der Waals surface area contributed by atoms with Gasteiger partial charge in [0.2, 0.25) is 0 Å². The van der Waals surface area contributed by atoms with Gasteiger partial charge in [-0.25, -0.2) is 0 Å². The van der Waals surface area contributed by atoms with E-state index in [1.807, 2.05) is 0 Å². The van der Waals surface area contributed by atoms with Crippen molar-refractivity contribution in [3.63, 3.8) is 0 Å². The van der Waals surface area contributed by atoms with Crippen molar-refractivity contribution in [3.8, 4) is 0 Å². The van der Waals surface area contributed by atoms with Crippen LogP contribution in [0.1, 0.15) is 36.6 Å². The van der Waals surface area contributed by atoms with Crippen LogP contribution in [0.3, 0.4) is 0 Å². The summed E-state index contributed by atoms with van der Waals surface area (Å²) in [5.74, 6) is 1.71. The summed E-state index contributed by atoms with van der Waals surface area (Å²) in [5.41, 5.74) is 6.39. The third-order valence-corrected chi connectivity index (χ3v) is 2.42. The molecule has 4 nitrogen and oxygen atoms in total. The zero-order chi connectivity index (χ0) is 9.80. The van der Waals surface area contributed by atoms with E-state index in [0.717, 1.165) is 37.5 Å². The van der Waals surface area contributed by atoms with Crippen molar-refractivity contribution >= 4 is 0 Å². The van der Waals surface area contributed by atoms with Gasteiger partial charge in [-0.2, -0.15) is 0 Å². The molecule has 0 radical (unpaired) electrons. The van der Waals surface area contributed by atoms with Crippen molar-refractivity contribution in [2.24, 2.45) is 5.73 Å². The number of nitrogens with one attached hydrogen (secondary N) is 1. The first-order valence-corrected chi connectivity index (χ1v) is 5.26. The lowest BCUT2D eigenvalue weighted by Gasteiger charge is -1.98. The summed E-state index contributed by atoms with van der Waals surface area (Å²) in [5, 5.41) is 7.28. The van der Waals surface area contributed by atoms with Gasteiger partial charge in [0.05, 0.1) is 5.69 Å². The second-order valence-corrected chi connectivity index (χ2v) is 3.81. The van der Waals surface area contributed by atoms with Gasteiger partial charge in [-0.15, -0.1) is 0 Å². The summed E-state index contributed by atoms with van der Waals surface area (Å²) in [6.07, 6.45) is 3.53. The fourth-order valence-electron chi connectivity index (χ4n) is 1.42. The average molecular weight is 195 g/mol. The molecule has 0 unspecified atom stereocenters. The molecule has 4 heteroatoms. The summed E-state index contributed by atoms with van der Waals surface area (Å²) in [4.78, 5) is 0. The molecule has 2 rings (SSSR count). The Morgan fingerprint density at radius 1 is 1.57 bits per heavy atom. The van der Waals surface area contributed by atoms with Gasteiger partial charge < -0.3 is 15.6 Å². The fourth-order valence-corrected chi connectivity index (χ4v) is 1.42. The Bertz CT molecular complexity index is 281. The maximum Gasteiger partial charge on any atom is 0.140 e. The van der Waals surface area contributed by atoms with Crippen molar-refractivity contribution in [2.75, 3.05) is 13.1 Å². The van der Waals surface area contributed by atoms with Crippen LogP contribution in [0, 0.1) is 0 Å². The molecule has 0 spiro atoms. The molecule has 0 amide bonds. The van der Waals surface area contributed by atoms with Gasteiger partial charge in [-0.05, 0) is 32.4 Å². The third-order valence-electron chi connectivity index (χ3n) is 2.42. The van der Waals surface area contributed by atoms with Gasteiger partial charge in [0, 0.05) is 18.5 Å². The molecule has 1 saturated carbocycles. The van der Waals surface area contributed by atoms with E-state index in [4.69, 9.17) is 10.3 Å². The third kappa shape index (κ3) is 2.56. The Kier molecular flexibility index (Phi) is 3.16. The summed E-state index contributed by atoms with van der Waals surface area (Å²) in [6.45, 7) is 2.47. The Balaban J connectivity index is 1.72. The van der Waals surface area contributed by atoms with Gasteiger partial charge in [0.1, 0.15) is 5.76 Å². The first-order chi connectivity index (χ1) is 6.90. The molecule has 0 bridgehead atoms. The summed E-state index contributed by atoms with van der Waals surface area (Å²) in [6, 6.07) is 2.06. The first kappa shape index (κ1) is 9.68. The molecule has 3 N–H and O–H groups in total. The molecule has 14 heavy (non-hydrogen) atoms. The number of hydrogen-bond donors (Lipinski definition) is 2. The zero-order valence-corrected chi connectivity index (χ0v) is 8.33. The van der Waals surface area contributed by atoms with E-state index in [1.165, 1.54) is 12.8 Å². The molecular formula is C10H17N3O. The number of hydrogen-bond acceptors (Lipinski definition) is 4. The van der Waals surface area contributed by atoms with Gasteiger partial charge in [-0.3, -0.25) is 0 Å². The average Bonchev–Trinajstić information content (AvgIpc) is 2.94. The van der Waals surface area contributed by atoms with Crippen LogP contribution < -0.4 is 11.1 Å². The number of rotatable bonds is 6. The lowest BCUT2D eigenvalue weighted by atomic mass is 10.3. The van der Waals surface area contributed by atoms with E-state index in [-0.39, 0.29) is 0 Å². The minimum absolute atomic E-state index is 0.653. The lowest BCUT2D eigenvalue weighted by molar-refractivity contribution is 0.376. The highest BCUT2D eigenvalue weighted by Gasteiger charge is 2.27. The normalized spacial score (nSPS) is 16.1. The topological polar surface area (TPSA) is 64.1 Å². The summed E-state index contributed by atoms with van der Waals surface area (Å²) >= 11 is 0. The van der Waals surface area contributed by atoms with Crippen molar-refractivity contribution in [1.82, 2.24) is 10.5 Å². The second-order valence-electron chi connectivity index (χ2n) is 3.81. The van der Waals surface area contributed by atoms with Crippen LogP contribution in [0.5, 0.6) is 0 Å². The lowest BCUT2D eigenvalue weighted by Crippen LogP contribution is -2.17. The molecule has 1 heterocycles. The Morgan fingerprint density at radius 3 is 3.14 bits per heavy atom. The standard InChI is InChI=1S/C10H17N3O/c11-4-1-5-12-7-9-6-10(14-13-9)8-2-3-8/h6,8,12H,1-5,7,11H2. The predicted molar refractivity (Wildman–Crippen MR) is 53.9 cm³/mol. The number of nitrogens with two attached hydrogens (primary N) is 1. The van der Waals surface area contributed by atoms with Crippen LogP contribution in [0.2, 0.25) is 0 Å². The SMILES string of the molecule is NCCCNCc1cc(C2CC2)on1. The second kappa shape index (κ2) is 4.57. The van der Waals surface area contributed by atoms with Crippen molar-refractivity contribution in [3.05, 3.63) is 17.5 Å². The molecule has 0 atom stereocenters. The molecule has 0 saturated heterocycles. The van der Waals surface area contributed by atoms with Gasteiger partial charge >= 0.3 is 0 Å². The van der Waals surface area contributed by atoms with E-state index in [0.29, 0.717) is 5.92 Å². The van der Waals surface area contributed by atoms with E-state index < -0.39 is 0 Å². The Morgan fingerprint density at radius 2 is 2.43 bits per heavy atom. The first-order valence-electron chi connectivity index (χ1n) is 5.26. The fraction of sp³-hybridized carbons (Fsp3) is 0.700. The van der Waals surface area contributed by atoms with Crippen molar-refractivity contribution in [2.45, 2.75) is 31.7 Å². The van der Waals surface area contributed by atoms with Crippen molar-refractivity contribution < 1.29 is 4.52 Å². The molecule has 0 aliphatic heterocycles. The Labute approximate surface area is 83.8 Å². The number of nitrogens with zero attached hydrogens (tertiary/aromatic N) is 1. The minimum Gasteiger partial charge on any atom is -0.361 e. The van der Waals surface area contributed by atoms with Crippen LogP contribution in [0.4, 0.5) is 0 Å². The van der Waals surface area contributed by atoms with E-state index in [1.54, 1.807) is 0 Å². The quantitative estimate of drug-likeness (QED) is 0.664. The number of aromatic nitrogens is 1. The molecular weight excluding hydrogens is 178 g/mol. The molecule has 1 aromatic rings.